The Kier molecular flexibility index (Phi) is 5.93. The van der Waals surface area contributed by atoms with Gasteiger partial charge in [0.15, 0.2) is 0 Å². The summed E-state index contributed by atoms with van der Waals surface area (Å²) in [6.07, 6.45) is 1.60. The molecule has 0 bridgehead atoms. The molecule has 2 aliphatic rings. The van der Waals surface area contributed by atoms with Gasteiger partial charge in [-0.15, -0.1) is 0 Å². The Morgan fingerprint density at radius 2 is 1.64 bits per heavy atom. The van der Waals surface area contributed by atoms with Gasteiger partial charge in [-0.25, -0.2) is 4.79 Å². The number of β-amino-alcohol motifs (C(OH)–C–C–N with tert-alkyl or cyclic N) is 1. The molecule has 1 aliphatic heterocycles. The van der Waals surface area contributed by atoms with Crippen LogP contribution in [0.5, 0.6) is 0 Å². The van der Waals surface area contributed by atoms with Crippen LogP contribution in [0.2, 0.25) is 0 Å². The van der Waals surface area contributed by atoms with Gasteiger partial charge in [0.25, 0.3) is 0 Å². The maximum absolute atomic E-state index is 12.4. The number of hydrogen-bond acceptors (Lipinski definition) is 4. The number of benzene rings is 2. The third kappa shape index (κ3) is 4.91. The Balaban J connectivity index is 1.30. The standard InChI is InChI=1S/C23H28N2O3/c26-22-16-25(23(27)28-17-19-9-5-2-6-10-19)15-20(22)14-24(21-11-12-21)13-18-7-3-1-4-8-18/h1-10,20-22,26H,11-17H2/t20-,22-/m0/s1. The van der Waals surface area contributed by atoms with E-state index < -0.39 is 6.10 Å². The Labute approximate surface area is 166 Å². The molecule has 0 aromatic heterocycles. The molecule has 1 amide bonds. The van der Waals surface area contributed by atoms with Crippen molar-refractivity contribution in [1.29, 1.82) is 0 Å². The van der Waals surface area contributed by atoms with Crippen molar-refractivity contribution in [3.63, 3.8) is 0 Å². The number of hydrogen-bond donors (Lipinski definition) is 1. The first-order valence-corrected chi connectivity index (χ1v) is 10.1. The molecule has 5 nitrogen and oxygen atoms in total. The number of carbonyl (C=O) groups excluding carboxylic acids is 1. The molecular weight excluding hydrogens is 352 g/mol. The summed E-state index contributed by atoms with van der Waals surface area (Å²) < 4.78 is 5.43. The highest BCUT2D eigenvalue weighted by atomic mass is 16.6. The van der Waals surface area contributed by atoms with Gasteiger partial charge in [0, 0.05) is 31.6 Å². The van der Waals surface area contributed by atoms with Crippen molar-refractivity contribution in [2.75, 3.05) is 19.6 Å². The van der Waals surface area contributed by atoms with Gasteiger partial charge in [0.05, 0.1) is 12.6 Å². The van der Waals surface area contributed by atoms with E-state index in [4.69, 9.17) is 4.74 Å². The number of amides is 1. The third-order valence-electron chi connectivity index (χ3n) is 5.63. The van der Waals surface area contributed by atoms with E-state index in [1.54, 1.807) is 4.90 Å². The molecule has 1 saturated heterocycles. The molecule has 1 N–H and O–H groups in total. The molecule has 5 heteroatoms. The second kappa shape index (κ2) is 8.76. The van der Waals surface area contributed by atoms with Gasteiger partial charge in [-0.3, -0.25) is 4.90 Å². The minimum absolute atomic E-state index is 0.0635. The molecule has 1 saturated carbocycles. The topological polar surface area (TPSA) is 53.0 Å². The van der Waals surface area contributed by atoms with Crippen LogP contribution in [0.25, 0.3) is 0 Å². The first-order chi connectivity index (χ1) is 13.7. The van der Waals surface area contributed by atoms with Crippen LogP contribution < -0.4 is 0 Å². The molecule has 28 heavy (non-hydrogen) atoms. The van der Waals surface area contributed by atoms with Crippen LogP contribution in [-0.2, 0) is 17.9 Å². The first kappa shape index (κ1) is 19.0. The summed E-state index contributed by atoms with van der Waals surface area (Å²) in [4.78, 5) is 16.5. The number of ether oxygens (including phenoxy) is 1. The highest BCUT2D eigenvalue weighted by Crippen LogP contribution is 2.31. The molecule has 0 radical (unpaired) electrons. The van der Waals surface area contributed by atoms with E-state index in [2.05, 4.69) is 29.2 Å². The van der Waals surface area contributed by atoms with Gasteiger partial charge >= 0.3 is 6.09 Å². The van der Waals surface area contributed by atoms with Crippen LogP contribution in [0, 0.1) is 5.92 Å². The number of aliphatic hydroxyl groups is 1. The van der Waals surface area contributed by atoms with Crippen LogP contribution >= 0.6 is 0 Å². The quantitative estimate of drug-likeness (QED) is 0.801. The minimum atomic E-state index is -0.499. The highest BCUT2D eigenvalue weighted by molar-refractivity contribution is 5.68. The number of carbonyl (C=O) groups is 1. The largest absolute Gasteiger partial charge is 0.445 e. The van der Waals surface area contributed by atoms with Gasteiger partial charge in [-0.05, 0) is 24.0 Å². The molecule has 0 unspecified atom stereocenters. The van der Waals surface area contributed by atoms with Crippen molar-refractivity contribution >= 4 is 6.09 Å². The highest BCUT2D eigenvalue weighted by Gasteiger charge is 2.38. The Morgan fingerprint density at radius 1 is 1.00 bits per heavy atom. The summed E-state index contributed by atoms with van der Waals surface area (Å²) in [7, 11) is 0. The maximum atomic E-state index is 12.4. The summed E-state index contributed by atoms with van der Waals surface area (Å²) >= 11 is 0. The molecule has 2 aromatic rings. The Hall–Kier alpha value is -2.37. The van der Waals surface area contributed by atoms with Gasteiger partial charge in [-0.2, -0.15) is 0 Å². The lowest BCUT2D eigenvalue weighted by atomic mass is 10.1. The van der Waals surface area contributed by atoms with E-state index in [1.165, 1.54) is 18.4 Å². The van der Waals surface area contributed by atoms with E-state index in [1.807, 2.05) is 36.4 Å². The van der Waals surface area contributed by atoms with Crippen molar-refractivity contribution in [1.82, 2.24) is 9.80 Å². The summed E-state index contributed by atoms with van der Waals surface area (Å²) in [5.41, 5.74) is 2.26. The molecule has 2 fully saturated rings. The zero-order chi connectivity index (χ0) is 19.3. The molecular formula is C23H28N2O3. The van der Waals surface area contributed by atoms with Crippen molar-refractivity contribution in [2.45, 2.75) is 38.1 Å². The normalized spacial score (nSPS) is 21.9. The Morgan fingerprint density at radius 3 is 2.29 bits per heavy atom. The first-order valence-electron chi connectivity index (χ1n) is 10.1. The van der Waals surface area contributed by atoms with E-state index in [-0.39, 0.29) is 18.6 Å². The van der Waals surface area contributed by atoms with Gasteiger partial charge in [0.1, 0.15) is 6.61 Å². The second-order valence-corrected chi connectivity index (χ2v) is 7.92. The number of rotatable bonds is 7. The van der Waals surface area contributed by atoms with Gasteiger partial charge < -0.3 is 14.7 Å². The summed E-state index contributed by atoms with van der Waals surface area (Å²) in [6, 6.07) is 20.7. The van der Waals surface area contributed by atoms with Crippen LogP contribution in [-0.4, -0.2) is 52.8 Å². The average molecular weight is 380 g/mol. The predicted molar refractivity (Wildman–Crippen MR) is 108 cm³/mol. The SMILES string of the molecule is O=C(OCc1ccccc1)N1C[C@H](CN(Cc2ccccc2)C2CC2)[C@@H](O)C1. The smallest absolute Gasteiger partial charge is 0.410 e. The third-order valence-corrected chi connectivity index (χ3v) is 5.63. The predicted octanol–water partition coefficient (Wildman–Crippen LogP) is 3.28. The van der Waals surface area contributed by atoms with Crippen LogP contribution in [0.1, 0.15) is 24.0 Å². The van der Waals surface area contributed by atoms with E-state index >= 15 is 0 Å². The van der Waals surface area contributed by atoms with Crippen LogP contribution in [0.3, 0.4) is 0 Å². The number of aliphatic hydroxyl groups excluding tert-OH is 1. The van der Waals surface area contributed by atoms with E-state index in [0.29, 0.717) is 19.1 Å². The lowest BCUT2D eigenvalue weighted by Gasteiger charge is -2.26. The van der Waals surface area contributed by atoms with E-state index in [0.717, 1.165) is 18.7 Å². The van der Waals surface area contributed by atoms with Gasteiger partial charge in [-0.1, -0.05) is 60.7 Å². The monoisotopic (exact) mass is 380 g/mol. The zero-order valence-electron chi connectivity index (χ0n) is 16.1. The maximum Gasteiger partial charge on any atom is 0.410 e. The van der Waals surface area contributed by atoms with Gasteiger partial charge in [0.2, 0.25) is 0 Å². The summed E-state index contributed by atoms with van der Waals surface area (Å²) in [6.45, 7) is 2.87. The van der Waals surface area contributed by atoms with Crippen molar-refractivity contribution in [2.24, 2.45) is 5.92 Å². The molecule has 1 aliphatic carbocycles. The average Bonchev–Trinajstić information content (AvgIpc) is 3.51. The number of likely N-dealkylation sites (tertiary alicyclic amines) is 1. The van der Waals surface area contributed by atoms with E-state index in [9.17, 15) is 9.90 Å². The lowest BCUT2D eigenvalue weighted by molar-refractivity contribution is 0.0951. The van der Waals surface area contributed by atoms with Crippen LogP contribution in [0.4, 0.5) is 4.79 Å². The molecule has 1 heterocycles. The molecule has 2 aromatic carbocycles. The molecule has 0 spiro atoms. The van der Waals surface area contributed by atoms with Crippen molar-refractivity contribution < 1.29 is 14.6 Å². The second-order valence-electron chi connectivity index (χ2n) is 7.92. The molecule has 148 valence electrons. The summed E-state index contributed by atoms with van der Waals surface area (Å²) in [5.74, 6) is 0.0635. The minimum Gasteiger partial charge on any atom is -0.445 e. The fraction of sp³-hybridized carbons (Fsp3) is 0.435. The lowest BCUT2D eigenvalue weighted by Crippen LogP contribution is -2.36. The summed E-state index contributed by atoms with van der Waals surface area (Å²) in [5, 5.41) is 10.5. The Bertz CT molecular complexity index is 764. The number of nitrogens with zero attached hydrogens (tertiary/aromatic N) is 2. The fourth-order valence-corrected chi connectivity index (χ4v) is 3.89. The van der Waals surface area contributed by atoms with Crippen molar-refractivity contribution in [3.8, 4) is 0 Å². The van der Waals surface area contributed by atoms with Crippen LogP contribution in [0.15, 0.2) is 60.7 Å². The molecule has 4 rings (SSSR count). The zero-order valence-corrected chi connectivity index (χ0v) is 16.1. The molecule has 2 atom stereocenters. The van der Waals surface area contributed by atoms with Crippen molar-refractivity contribution in [3.05, 3.63) is 71.8 Å². The fourth-order valence-electron chi connectivity index (χ4n) is 3.89.